The van der Waals surface area contributed by atoms with Crippen LogP contribution in [0.3, 0.4) is 0 Å². The molecule has 0 radical (unpaired) electrons. The maximum Gasteiger partial charge on any atom is 0.336 e. The van der Waals surface area contributed by atoms with Crippen LogP contribution < -0.4 is 9.47 Å². The molecule has 0 bridgehead atoms. The van der Waals surface area contributed by atoms with Crippen LogP contribution in [0.15, 0.2) is 84.9 Å². The first-order valence-corrected chi connectivity index (χ1v) is 9.69. The quantitative estimate of drug-likeness (QED) is 0.154. The molecule has 0 aromatic heterocycles. The van der Waals surface area contributed by atoms with E-state index in [1.165, 1.54) is 72.8 Å². The highest BCUT2D eigenvalue weighted by Crippen LogP contribution is 2.19. The van der Waals surface area contributed by atoms with Gasteiger partial charge in [-0.15, -0.1) is 0 Å². The fourth-order valence-corrected chi connectivity index (χ4v) is 2.67. The molecular formula is C24H16N2O8. The van der Waals surface area contributed by atoms with Gasteiger partial charge in [0.05, 0.1) is 9.85 Å². The second-order valence-electron chi connectivity index (χ2n) is 6.68. The smallest absolute Gasteiger partial charge is 0.336 e. The lowest BCUT2D eigenvalue weighted by Gasteiger charge is -2.01. The number of carbonyl (C=O) groups is 2. The molecule has 34 heavy (non-hydrogen) atoms. The summed E-state index contributed by atoms with van der Waals surface area (Å²) in [6.07, 6.45) is 5.43. The number of esters is 2. The number of nitro groups is 2. The summed E-state index contributed by atoms with van der Waals surface area (Å²) in [5.41, 5.74) is 1.09. The van der Waals surface area contributed by atoms with Crippen molar-refractivity contribution < 1.29 is 28.9 Å². The van der Waals surface area contributed by atoms with Gasteiger partial charge in [0.15, 0.2) is 0 Å². The van der Waals surface area contributed by atoms with Gasteiger partial charge in [0.2, 0.25) is 0 Å². The number of rotatable bonds is 8. The Balaban J connectivity index is 1.57. The van der Waals surface area contributed by atoms with Crippen LogP contribution in [0.5, 0.6) is 11.5 Å². The summed E-state index contributed by atoms with van der Waals surface area (Å²) < 4.78 is 10.2. The zero-order valence-electron chi connectivity index (χ0n) is 17.4. The van der Waals surface area contributed by atoms with Crippen molar-refractivity contribution in [3.8, 4) is 11.5 Å². The van der Waals surface area contributed by atoms with Crippen LogP contribution in [0.1, 0.15) is 11.1 Å². The summed E-state index contributed by atoms with van der Waals surface area (Å²) in [6, 6.07) is 17.1. The maximum absolute atomic E-state index is 12.0. The summed E-state index contributed by atoms with van der Waals surface area (Å²) in [7, 11) is 0. The summed E-state index contributed by atoms with van der Waals surface area (Å²) in [6.45, 7) is 0. The van der Waals surface area contributed by atoms with E-state index in [1.54, 1.807) is 24.3 Å². The molecule has 0 aliphatic heterocycles. The molecule has 10 nitrogen and oxygen atoms in total. The van der Waals surface area contributed by atoms with Crippen molar-refractivity contribution in [2.24, 2.45) is 0 Å². The largest absolute Gasteiger partial charge is 0.423 e. The Morgan fingerprint density at radius 2 is 1.03 bits per heavy atom. The molecule has 0 saturated carbocycles. The molecule has 0 N–H and O–H groups in total. The topological polar surface area (TPSA) is 139 Å². The SMILES string of the molecule is O=C(/C=C/c1cccc(/C=C/C(=O)Oc2ccc([N+](=O)[O-])cc2)c1)Oc1ccc([N+](=O)[O-])cc1. The molecule has 0 aliphatic rings. The van der Waals surface area contributed by atoms with Crippen LogP contribution in [0, 0.1) is 20.2 Å². The van der Waals surface area contributed by atoms with E-state index < -0.39 is 21.8 Å². The number of ether oxygens (including phenoxy) is 2. The van der Waals surface area contributed by atoms with Crippen LogP contribution in [0.4, 0.5) is 11.4 Å². The predicted molar refractivity (Wildman–Crippen MR) is 122 cm³/mol. The molecule has 0 atom stereocenters. The summed E-state index contributed by atoms with van der Waals surface area (Å²) in [5.74, 6) is -0.991. The first kappa shape index (κ1) is 23.5. The molecule has 0 fully saturated rings. The molecule has 0 heterocycles. The summed E-state index contributed by atoms with van der Waals surface area (Å²) in [4.78, 5) is 44.2. The Morgan fingerprint density at radius 3 is 1.38 bits per heavy atom. The summed E-state index contributed by atoms with van der Waals surface area (Å²) >= 11 is 0. The van der Waals surface area contributed by atoms with Crippen molar-refractivity contribution in [2.45, 2.75) is 0 Å². The third kappa shape index (κ3) is 6.95. The average molecular weight is 460 g/mol. The fraction of sp³-hybridized carbons (Fsp3) is 0. The van der Waals surface area contributed by atoms with Crippen LogP contribution >= 0.6 is 0 Å². The van der Waals surface area contributed by atoms with Gasteiger partial charge in [0.1, 0.15) is 11.5 Å². The third-order valence-corrected chi connectivity index (χ3v) is 4.27. The Labute approximate surface area is 192 Å². The van der Waals surface area contributed by atoms with Crippen molar-refractivity contribution in [2.75, 3.05) is 0 Å². The van der Waals surface area contributed by atoms with Crippen molar-refractivity contribution in [3.63, 3.8) is 0 Å². The zero-order chi connectivity index (χ0) is 24.5. The van der Waals surface area contributed by atoms with Crippen molar-refractivity contribution in [1.82, 2.24) is 0 Å². The lowest BCUT2D eigenvalue weighted by atomic mass is 10.1. The van der Waals surface area contributed by atoms with E-state index in [0.717, 1.165) is 0 Å². The van der Waals surface area contributed by atoms with Gasteiger partial charge in [-0.2, -0.15) is 0 Å². The third-order valence-electron chi connectivity index (χ3n) is 4.27. The second-order valence-corrected chi connectivity index (χ2v) is 6.68. The van der Waals surface area contributed by atoms with E-state index in [0.29, 0.717) is 11.1 Å². The van der Waals surface area contributed by atoms with Crippen molar-refractivity contribution in [1.29, 1.82) is 0 Å². The Kier molecular flexibility index (Phi) is 7.59. The molecule has 0 amide bonds. The fourth-order valence-electron chi connectivity index (χ4n) is 2.67. The molecule has 10 heteroatoms. The number of nitro benzene ring substituents is 2. The van der Waals surface area contributed by atoms with Gasteiger partial charge in [-0.25, -0.2) is 9.59 Å². The minimum Gasteiger partial charge on any atom is -0.423 e. The highest BCUT2D eigenvalue weighted by Gasteiger charge is 2.07. The maximum atomic E-state index is 12.0. The highest BCUT2D eigenvalue weighted by atomic mass is 16.6. The molecule has 170 valence electrons. The number of nitrogens with zero attached hydrogens (tertiary/aromatic N) is 2. The lowest BCUT2D eigenvalue weighted by molar-refractivity contribution is -0.385. The van der Waals surface area contributed by atoms with Crippen molar-refractivity contribution >= 4 is 35.5 Å². The molecule has 0 spiro atoms. The molecular weight excluding hydrogens is 444 g/mol. The first-order chi connectivity index (χ1) is 16.3. The molecule has 0 aliphatic carbocycles. The first-order valence-electron chi connectivity index (χ1n) is 9.69. The monoisotopic (exact) mass is 460 g/mol. The van der Waals surface area contributed by atoms with E-state index in [1.807, 2.05) is 0 Å². The minimum absolute atomic E-state index is 0.114. The standard InChI is InChI=1S/C24H16N2O8/c27-23(33-21-10-6-19(7-11-21)25(29)30)14-4-17-2-1-3-18(16-17)5-15-24(28)34-22-12-8-20(9-13-22)26(31)32/h1-16H/b14-4+,15-5+. The Bertz CT molecular complexity index is 1180. The number of non-ortho nitro benzene ring substituents is 2. The number of hydrogen-bond acceptors (Lipinski definition) is 8. The van der Waals surface area contributed by atoms with Crippen LogP contribution in [-0.2, 0) is 9.59 Å². The van der Waals surface area contributed by atoms with Gasteiger partial charge < -0.3 is 9.47 Å². The van der Waals surface area contributed by atoms with Gasteiger partial charge in [-0.3, -0.25) is 20.2 Å². The molecule has 0 saturated heterocycles. The normalized spacial score (nSPS) is 10.8. The van der Waals surface area contributed by atoms with E-state index in [9.17, 15) is 29.8 Å². The van der Waals surface area contributed by atoms with Gasteiger partial charge in [-0.05, 0) is 53.6 Å². The van der Waals surface area contributed by atoms with E-state index in [4.69, 9.17) is 9.47 Å². The summed E-state index contributed by atoms with van der Waals surface area (Å²) in [5, 5.41) is 21.3. The number of benzene rings is 3. The average Bonchev–Trinajstić information content (AvgIpc) is 2.82. The van der Waals surface area contributed by atoms with Gasteiger partial charge in [0, 0.05) is 36.4 Å². The molecule has 3 rings (SSSR count). The van der Waals surface area contributed by atoms with Gasteiger partial charge in [-0.1, -0.05) is 18.2 Å². The lowest BCUT2D eigenvalue weighted by Crippen LogP contribution is -2.03. The van der Waals surface area contributed by atoms with Crippen molar-refractivity contribution in [3.05, 3.63) is 116 Å². The van der Waals surface area contributed by atoms with E-state index >= 15 is 0 Å². The second kappa shape index (κ2) is 11.0. The van der Waals surface area contributed by atoms with E-state index in [2.05, 4.69) is 0 Å². The van der Waals surface area contributed by atoms with Crippen LogP contribution in [0.25, 0.3) is 12.2 Å². The molecule has 0 unspecified atom stereocenters. The minimum atomic E-state index is -0.665. The Hall–Kier alpha value is -5.12. The Morgan fingerprint density at radius 1 is 0.647 bits per heavy atom. The molecule has 3 aromatic carbocycles. The van der Waals surface area contributed by atoms with E-state index in [-0.39, 0.29) is 22.9 Å². The van der Waals surface area contributed by atoms with Crippen LogP contribution in [0.2, 0.25) is 0 Å². The predicted octanol–water partition coefficient (Wildman–Crippen LogP) is 4.74. The van der Waals surface area contributed by atoms with Gasteiger partial charge in [0.25, 0.3) is 11.4 Å². The number of hydrogen-bond donors (Lipinski definition) is 0. The zero-order valence-corrected chi connectivity index (χ0v) is 17.4. The number of carbonyl (C=O) groups excluding carboxylic acids is 2. The van der Waals surface area contributed by atoms with Gasteiger partial charge >= 0.3 is 11.9 Å². The highest BCUT2D eigenvalue weighted by molar-refractivity contribution is 5.90. The van der Waals surface area contributed by atoms with Crippen LogP contribution in [-0.4, -0.2) is 21.8 Å². The molecule has 3 aromatic rings.